The Labute approximate surface area is 114 Å². The third-order valence-electron chi connectivity index (χ3n) is 2.40. The number of rotatable bonds is 6. The number of carbonyl (C=O) groups excluding carboxylic acids is 1. The molecule has 18 heavy (non-hydrogen) atoms. The van der Waals surface area contributed by atoms with Crippen molar-refractivity contribution in [1.82, 2.24) is 5.32 Å². The molecule has 0 saturated carbocycles. The summed E-state index contributed by atoms with van der Waals surface area (Å²) in [4.78, 5) is 11.3. The lowest BCUT2D eigenvalue weighted by Crippen LogP contribution is -2.31. The molecule has 0 spiro atoms. The molecule has 4 nitrogen and oxygen atoms in total. The van der Waals surface area contributed by atoms with Crippen molar-refractivity contribution in [2.45, 2.75) is 25.8 Å². The lowest BCUT2D eigenvalue weighted by atomic mass is 10.1. The van der Waals surface area contributed by atoms with E-state index in [4.69, 9.17) is 10.5 Å². The highest BCUT2D eigenvalue weighted by atomic mass is 35.5. The van der Waals surface area contributed by atoms with Crippen molar-refractivity contribution in [3.63, 3.8) is 0 Å². The first-order valence-corrected chi connectivity index (χ1v) is 5.77. The van der Waals surface area contributed by atoms with Gasteiger partial charge in [-0.25, -0.2) is 0 Å². The van der Waals surface area contributed by atoms with E-state index in [0.29, 0.717) is 13.0 Å². The van der Waals surface area contributed by atoms with Crippen LogP contribution in [-0.4, -0.2) is 25.6 Å². The minimum absolute atomic E-state index is 0. The third-order valence-corrected chi connectivity index (χ3v) is 2.40. The maximum atomic E-state index is 11.3. The fourth-order valence-corrected chi connectivity index (χ4v) is 1.50. The maximum Gasteiger partial charge on any atom is 0.221 e. The number of methoxy groups -OCH3 is 1. The van der Waals surface area contributed by atoms with Gasteiger partial charge in [-0.15, -0.1) is 12.4 Å². The van der Waals surface area contributed by atoms with Gasteiger partial charge in [-0.2, -0.15) is 0 Å². The van der Waals surface area contributed by atoms with Crippen LogP contribution >= 0.6 is 12.4 Å². The van der Waals surface area contributed by atoms with Gasteiger partial charge in [0.25, 0.3) is 0 Å². The fraction of sp³-hybridized carbons (Fsp3) is 0.462. The van der Waals surface area contributed by atoms with Gasteiger partial charge in [-0.05, 0) is 31.0 Å². The van der Waals surface area contributed by atoms with E-state index in [0.717, 1.165) is 12.2 Å². The molecule has 1 aromatic rings. The van der Waals surface area contributed by atoms with E-state index in [1.54, 1.807) is 7.11 Å². The van der Waals surface area contributed by atoms with Crippen molar-refractivity contribution in [3.05, 3.63) is 29.8 Å². The van der Waals surface area contributed by atoms with E-state index < -0.39 is 0 Å². The molecule has 0 saturated heterocycles. The molecule has 1 atom stereocenters. The van der Waals surface area contributed by atoms with Crippen molar-refractivity contribution in [1.29, 1.82) is 0 Å². The number of ether oxygens (including phenoxy) is 1. The summed E-state index contributed by atoms with van der Waals surface area (Å²) >= 11 is 0. The summed E-state index contributed by atoms with van der Waals surface area (Å²) in [6.07, 6.45) is 1.19. The summed E-state index contributed by atoms with van der Waals surface area (Å²) in [7, 11) is 1.64. The van der Waals surface area contributed by atoms with E-state index in [2.05, 4.69) is 5.32 Å². The summed E-state index contributed by atoms with van der Waals surface area (Å²) in [5.74, 6) is 0.850. The van der Waals surface area contributed by atoms with E-state index >= 15 is 0 Å². The Morgan fingerprint density at radius 3 is 2.50 bits per heavy atom. The highest BCUT2D eigenvalue weighted by molar-refractivity contribution is 5.85. The highest BCUT2D eigenvalue weighted by Gasteiger charge is 2.03. The summed E-state index contributed by atoms with van der Waals surface area (Å²) in [5, 5.41) is 2.84. The second-order valence-electron chi connectivity index (χ2n) is 4.13. The van der Waals surface area contributed by atoms with Gasteiger partial charge in [-0.1, -0.05) is 12.1 Å². The molecule has 0 fully saturated rings. The topological polar surface area (TPSA) is 64.3 Å². The monoisotopic (exact) mass is 272 g/mol. The summed E-state index contributed by atoms with van der Waals surface area (Å²) < 4.78 is 5.07. The molecule has 102 valence electrons. The number of nitrogens with two attached hydrogens (primary N) is 1. The number of nitrogens with one attached hydrogen (secondary N) is 1. The van der Waals surface area contributed by atoms with Crippen LogP contribution in [0.2, 0.25) is 0 Å². The molecule has 1 amide bonds. The molecule has 0 aromatic heterocycles. The van der Waals surface area contributed by atoms with Crippen molar-refractivity contribution in [3.8, 4) is 5.75 Å². The van der Waals surface area contributed by atoms with Crippen molar-refractivity contribution in [2.75, 3.05) is 13.7 Å². The SMILES string of the molecule is COc1ccc(CCNC(=O)CC(C)N)cc1.Cl. The number of hydrogen-bond donors (Lipinski definition) is 2. The first kappa shape index (κ1) is 16.7. The molecule has 1 unspecified atom stereocenters. The number of halogens is 1. The van der Waals surface area contributed by atoms with Crippen LogP contribution in [0.15, 0.2) is 24.3 Å². The maximum absolute atomic E-state index is 11.3. The molecule has 0 aliphatic rings. The Bertz CT molecular complexity index is 353. The first-order chi connectivity index (χ1) is 8.11. The van der Waals surface area contributed by atoms with Crippen LogP contribution in [0.4, 0.5) is 0 Å². The van der Waals surface area contributed by atoms with Gasteiger partial charge < -0.3 is 15.8 Å². The van der Waals surface area contributed by atoms with E-state index in [-0.39, 0.29) is 24.4 Å². The van der Waals surface area contributed by atoms with Crippen molar-refractivity contribution >= 4 is 18.3 Å². The second kappa shape index (κ2) is 8.78. The normalized spacial score (nSPS) is 11.3. The van der Waals surface area contributed by atoms with Crippen LogP contribution in [-0.2, 0) is 11.2 Å². The summed E-state index contributed by atoms with van der Waals surface area (Å²) in [6.45, 7) is 2.46. The molecule has 1 rings (SSSR count). The minimum Gasteiger partial charge on any atom is -0.497 e. The van der Waals surface area contributed by atoms with Crippen LogP contribution in [0.5, 0.6) is 5.75 Å². The van der Waals surface area contributed by atoms with Crippen LogP contribution in [0, 0.1) is 0 Å². The number of hydrogen-bond acceptors (Lipinski definition) is 3. The number of carbonyl (C=O) groups is 1. The second-order valence-corrected chi connectivity index (χ2v) is 4.13. The van der Waals surface area contributed by atoms with Gasteiger partial charge in [-0.3, -0.25) is 4.79 Å². The summed E-state index contributed by atoms with van der Waals surface area (Å²) in [6, 6.07) is 7.74. The Morgan fingerprint density at radius 1 is 1.39 bits per heavy atom. The fourth-order valence-electron chi connectivity index (χ4n) is 1.50. The van der Waals surface area contributed by atoms with Crippen LogP contribution in [0.1, 0.15) is 18.9 Å². The number of amides is 1. The summed E-state index contributed by atoms with van der Waals surface area (Å²) in [5.41, 5.74) is 6.71. The molecule has 5 heteroatoms. The van der Waals surface area contributed by atoms with Crippen LogP contribution in [0.3, 0.4) is 0 Å². The molecular formula is C13H21ClN2O2. The van der Waals surface area contributed by atoms with Crippen molar-refractivity contribution < 1.29 is 9.53 Å². The van der Waals surface area contributed by atoms with Crippen LogP contribution < -0.4 is 15.8 Å². The zero-order chi connectivity index (χ0) is 12.7. The molecule has 0 bridgehead atoms. The Morgan fingerprint density at radius 2 is 2.00 bits per heavy atom. The zero-order valence-corrected chi connectivity index (χ0v) is 11.6. The molecular weight excluding hydrogens is 252 g/mol. The van der Waals surface area contributed by atoms with Crippen molar-refractivity contribution in [2.24, 2.45) is 5.73 Å². The first-order valence-electron chi connectivity index (χ1n) is 5.77. The predicted molar refractivity (Wildman–Crippen MR) is 75.2 cm³/mol. The van der Waals surface area contributed by atoms with Gasteiger partial charge in [0, 0.05) is 19.0 Å². The number of benzene rings is 1. The zero-order valence-electron chi connectivity index (χ0n) is 10.8. The Balaban J connectivity index is 0.00000289. The predicted octanol–water partition coefficient (Wildman–Crippen LogP) is 1.51. The third kappa shape index (κ3) is 6.47. The minimum atomic E-state index is -0.0870. The van der Waals surface area contributed by atoms with E-state index in [9.17, 15) is 4.79 Å². The van der Waals surface area contributed by atoms with Gasteiger partial charge in [0.05, 0.1) is 7.11 Å². The Hall–Kier alpha value is -1.26. The lowest BCUT2D eigenvalue weighted by molar-refractivity contribution is -0.121. The van der Waals surface area contributed by atoms with Gasteiger partial charge in [0.15, 0.2) is 0 Å². The molecule has 1 aromatic carbocycles. The smallest absolute Gasteiger partial charge is 0.221 e. The van der Waals surface area contributed by atoms with Gasteiger partial charge in [0.2, 0.25) is 5.91 Å². The quantitative estimate of drug-likeness (QED) is 0.825. The molecule has 0 radical (unpaired) electrons. The molecule has 0 aliphatic heterocycles. The highest BCUT2D eigenvalue weighted by Crippen LogP contribution is 2.11. The lowest BCUT2D eigenvalue weighted by Gasteiger charge is -2.07. The van der Waals surface area contributed by atoms with E-state index in [1.165, 1.54) is 5.56 Å². The molecule has 0 aliphatic carbocycles. The largest absolute Gasteiger partial charge is 0.497 e. The average Bonchev–Trinajstić information content (AvgIpc) is 2.29. The van der Waals surface area contributed by atoms with E-state index in [1.807, 2.05) is 31.2 Å². The average molecular weight is 273 g/mol. The van der Waals surface area contributed by atoms with Crippen LogP contribution in [0.25, 0.3) is 0 Å². The molecule has 3 N–H and O–H groups in total. The standard InChI is InChI=1S/C13H20N2O2.ClH/c1-10(14)9-13(16)15-8-7-11-3-5-12(17-2)6-4-11;/h3-6,10H,7-9,14H2,1-2H3,(H,15,16);1H. The Kier molecular flexibility index (Phi) is 8.16. The van der Waals surface area contributed by atoms with Gasteiger partial charge in [0.1, 0.15) is 5.75 Å². The van der Waals surface area contributed by atoms with Gasteiger partial charge >= 0.3 is 0 Å². The molecule has 0 heterocycles.